The van der Waals surface area contributed by atoms with Gasteiger partial charge in [0.2, 0.25) is 0 Å². The Hall–Kier alpha value is -1.36. The average molecular weight is 421 g/mol. The Morgan fingerprint density at radius 2 is 1.96 bits per heavy atom. The first kappa shape index (κ1) is 18.4. The molecule has 132 valence electrons. The maximum atomic E-state index is 6.18. The van der Waals surface area contributed by atoms with Crippen molar-refractivity contribution in [1.82, 2.24) is 14.9 Å². The molecule has 0 unspecified atom stereocenters. The minimum atomic E-state index is 0.764. The summed E-state index contributed by atoms with van der Waals surface area (Å²) in [5.41, 5.74) is 3.48. The van der Waals surface area contributed by atoms with Gasteiger partial charge in [0.25, 0.3) is 0 Å². The highest BCUT2D eigenvalue weighted by Gasteiger charge is 2.10. The lowest BCUT2D eigenvalue weighted by molar-refractivity contribution is 0.581. The number of aryl methyl sites for hydroxylation is 1. The molecule has 1 heterocycles. The van der Waals surface area contributed by atoms with Crippen molar-refractivity contribution < 1.29 is 0 Å². The number of fused-ring (bicyclic) bond motifs is 1. The summed E-state index contributed by atoms with van der Waals surface area (Å²) in [7, 11) is 0. The molecule has 0 radical (unpaired) electrons. The highest BCUT2D eigenvalue weighted by atomic mass is 79.9. The van der Waals surface area contributed by atoms with Crippen LogP contribution in [0.1, 0.15) is 31.2 Å². The number of hydrogen-bond acceptors (Lipinski definition) is 2. The maximum Gasteiger partial charge on any atom is 0.123 e. The topological polar surface area (TPSA) is 29.9 Å². The molecule has 0 atom stereocenters. The van der Waals surface area contributed by atoms with Crippen molar-refractivity contribution in [2.75, 3.05) is 6.54 Å². The number of nitrogens with one attached hydrogen (secondary N) is 1. The van der Waals surface area contributed by atoms with Crippen LogP contribution < -0.4 is 5.32 Å². The Morgan fingerprint density at radius 3 is 2.72 bits per heavy atom. The van der Waals surface area contributed by atoms with E-state index >= 15 is 0 Å². The molecule has 0 bridgehead atoms. The molecule has 3 nitrogen and oxygen atoms in total. The Labute approximate surface area is 162 Å². The van der Waals surface area contributed by atoms with Crippen molar-refractivity contribution in [3.8, 4) is 0 Å². The van der Waals surface area contributed by atoms with E-state index in [0.717, 1.165) is 65.2 Å². The largest absolute Gasteiger partial charge is 0.327 e. The van der Waals surface area contributed by atoms with Gasteiger partial charge >= 0.3 is 0 Å². The molecule has 0 amide bonds. The molecule has 1 aromatic heterocycles. The van der Waals surface area contributed by atoms with Crippen molar-refractivity contribution in [3.05, 3.63) is 63.3 Å². The molecule has 5 heteroatoms. The van der Waals surface area contributed by atoms with Crippen LogP contribution in [0.15, 0.2) is 46.9 Å². The number of imidazole rings is 1. The summed E-state index contributed by atoms with van der Waals surface area (Å²) >= 11 is 9.65. The molecular formula is C20H23BrClN3. The Balaban J connectivity index is 1.66. The summed E-state index contributed by atoms with van der Waals surface area (Å²) < 4.78 is 3.42. The monoisotopic (exact) mass is 419 g/mol. The summed E-state index contributed by atoms with van der Waals surface area (Å²) in [5, 5.41) is 4.29. The second kappa shape index (κ2) is 8.84. The first-order valence-corrected chi connectivity index (χ1v) is 9.94. The number of benzene rings is 2. The van der Waals surface area contributed by atoms with Crippen LogP contribution in [0.5, 0.6) is 0 Å². The molecule has 3 aromatic rings. The highest BCUT2D eigenvalue weighted by Crippen LogP contribution is 2.21. The molecule has 2 aromatic carbocycles. The van der Waals surface area contributed by atoms with Gasteiger partial charge in [-0.1, -0.05) is 53.0 Å². The van der Waals surface area contributed by atoms with Crippen LogP contribution >= 0.6 is 27.5 Å². The van der Waals surface area contributed by atoms with E-state index in [4.69, 9.17) is 16.6 Å². The zero-order valence-corrected chi connectivity index (χ0v) is 16.8. The van der Waals surface area contributed by atoms with Crippen LogP contribution in [-0.4, -0.2) is 16.1 Å². The Morgan fingerprint density at radius 1 is 1.16 bits per heavy atom. The van der Waals surface area contributed by atoms with Crippen LogP contribution in [0.4, 0.5) is 0 Å². The van der Waals surface area contributed by atoms with Gasteiger partial charge in [-0.25, -0.2) is 4.98 Å². The predicted octanol–water partition coefficient (Wildman–Crippen LogP) is 5.58. The number of unbranched alkanes of at least 4 members (excludes halogenated alkanes) is 1. The average Bonchev–Trinajstić information content (AvgIpc) is 2.95. The second-order valence-electron chi connectivity index (χ2n) is 6.22. The van der Waals surface area contributed by atoms with E-state index in [2.05, 4.69) is 57.0 Å². The number of hydrogen-bond donors (Lipinski definition) is 1. The van der Waals surface area contributed by atoms with E-state index in [1.54, 1.807) is 0 Å². The number of halogens is 2. The molecule has 1 N–H and O–H groups in total. The van der Waals surface area contributed by atoms with E-state index in [-0.39, 0.29) is 0 Å². The molecule has 0 saturated heterocycles. The van der Waals surface area contributed by atoms with Crippen molar-refractivity contribution >= 4 is 38.6 Å². The third kappa shape index (κ3) is 4.84. The number of rotatable bonds is 8. The second-order valence-corrected chi connectivity index (χ2v) is 7.57. The minimum absolute atomic E-state index is 0.764. The fourth-order valence-electron chi connectivity index (χ4n) is 2.93. The first-order valence-electron chi connectivity index (χ1n) is 8.77. The van der Waals surface area contributed by atoms with Gasteiger partial charge in [0.05, 0.1) is 17.6 Å². The first-order chi connectivity index (χ1) is 12.2. The zero-order chi connectivity index (χ0) is 17.6. The summed E-state index contributed by atoms with van der Waals surface area (Å²) in [5.74, 6) is 1.08. The molecule has 0 aliphatic carbocycles. The Bertz CT molecular complexity index is 827. The summed E-state index contributed by atoms with van der Waals surface area (Å²) in [6, 6.07) is 14.4. The van der Waals surface area contributed by atoms with E-state index < -0.39 is 0 Å². The van der Waals surface area contributed by atoms with Gasteiger partial charge in [0.1, 0.15) is 5.82 Å². The normalized spacial score (nSPS) is 11.3. The number of nitrogens with zero attached hydrogens (tertiary/aromatic N) is 2. The van der Waals surface area contributed by atoms with Gasteiger partial charge < -0.3 is 9.88 Å². The van der Waals surface area contributed by atoms with E-state index in [0.29, 0.717) is 0 Å². The molecule has 0 aliphatic heterocycles. The molecule has 25 heavy (non-hydrogen) atoms. The molecule has 0 aliphatic rings. The van der Waals surface area contributed by atoms with Gasteiger partial charge in [-0.15, -0.1) is 0 Å². The van der Waals surface area contributed by atoms with Gasteiger partial charge in [0.15, 0.2) is 0 Å². The van der Waals surface area contributed by atoms with Crippen LogP contribution in [0, 0.1) is 0 Å². The predicted molar refractivity (Wildman–Crippen MR) is 109 cm³/mol. The quantitative estimate of drug-likeness (QED) is 0.482. The molecule has 0 fully saturated rings. The minimum Gasteiger partial charge on any atom is -0.327 e. The lowest BCUT2D eigenvalue weighted by atomic mass is 10.1. The fraction of sp³-hybridized carbons (Fsp3) is 0.350. The standard InChI is InChI=1S/C20H23BrClN3/c1-2-3-12-25-19-13-17(22)8-9-18(19)24-20(25)14-23-11-10-15-4-6-16(21)7-5-15/h4-9,13,23H,2-3,10-12,14H2,1H3. The molecule has 3 rings (SSSR count). The molecular weight excluding hydrogens is 398 g/mol. The van der Waals surface area contributed by atoms with E-state index in [9.17, 15) is 0 Å². The van der Waals surface area contributed by atoms with E-state index in [1.165, 1.54) is 5.56 Å². The SMILES string of the molecule is CCCCn1c(CNCCc2ccc(Br)cc2)nc2ccc(Cl)cc21. The summed E-state index contributed by atoms with van der Waals surface area (Å²) in [6.45, 7) is 4.89. The van der Waals surface area contributed by atoms with Crippen molar-refractivity contribution in [3.63, 3.8) is 0 Å². The zero-order valence-electron chi connectivity index (χ0n) is 14.4. The van der Waals surface area contributed by atoms with Crippen LogP contribution in [-0.2, 0) is 19.5 Å². The van der Waals surface area contributed by atoms with E-state index in [1.807, 2.05) is 18.2 Å². The van der Waals surface area contributed by atoms with Crippen molar-refractivity contribution in [2.24, 2.45) is 0 Å². The third-order valence-corrected chi connectivity index (χ3v) is 5.08. The van der Waals surface area contributed by atoms with Gasteiger partial charge in [-0.3, -0.25) is 0 Å². The smallest absolute Gasteiger partial charge is 0.123 e. The maximum absolute atomic E-state index is 6.18. The van der Waals surface area contributed by atoms with Crippen LogP contribution in [0.2, 0.25) is 5.02 Å². The van der Waals surface area contributed by atoms with Crippen molar-refractivity contribution in [1.29, 1.82) is 0 Å². The van der Waals surface area contributed by atoms with Crippen LogP contribution in [0.25, 0.3) is 11.0 Å². The van der Waals surface area contributed by atoms with Gasteiger partial charge in [0, 0.05) is 16.0 Å². The van der Waals surface area contributed by atoms with Crippen LogP contribution in [0.3, 0.4) is 0 Å². The summed E-state index contributed by atoms with van der Waals surface area (Å²) in [6.07, 6.45) is 3.31. The molecule has 0 spiro atoms. The molecule has 0 saturated carbocycles. The van der Waals surface area contributed by atoms with Gasteiger partial charge in [-0.2, -0.15) is 0 Å². The Kier molecular flexibility index (Phi) is 6.51. The lowest BCUT2D eigenvalue weighted by Gasteiger charge is -2.10. The number of aromatic nitrogens is 2. The summed E-state index contributed by atoms with van der Waals surface area (Å²) in [4.78, 5) is 4.80. The van der Waals surface area contributed by atoms with Gasteiger partial charge in [-0.05, 0) is 55.3 Å². The highest BCUT2D eigenvalue weighted by molar-refractivity contribution is 9.10. The fourth-order valence-corrected chi connectivity index (χ4v) is 3.36. The van der Waals surface area contributed by atoms with Crippen molar-refractivity contribution in [2.45, 2.75) is 39.3 Å². The lowest BCUT2D eigenvalue weighted by Crippen LogP contribution is -2.19. The third-order valence-electron chi connectivity index (χ3n) is 4.31.